The number of carboxylic acids is 1. The largest absolute Gasteiger partial charge is 0.481 e. The highest BCUT2D eigenvalue weighted by atomic mass is 32.2. The first kappa shape index (κ1) is 21.4. The van der Waals surface area contributed by atoms with Crippen LogP contribution >= 0.6 is 0 Å². The van der Waals surface area contributed by atoms with Gasteiger partial charge >= 0.3 is 5.97 Å². The maximum atomic E-state index is 13.0. The Morgan fingerprint density at radius 2 is 1.85 bits per heavy atom. The van der Waals surface area contributed by atoms with Gasteiger partial charge in [-0.15, -0.1) is 0 Å². The quantitative estimate of drug-likeness (QED) is 0.763. The molecular weight excluding hydrogens is 368 g/mol. The zero-order valence-electron chi connectivity index (χ0n) is 16.1. The molecule has 27 heavy (non-hydrogen) atoms. The molecule has 0 bridgehead atoms. The summed E-state index contributed by atoms with van der Waals surface area (Å²) in [7, 11) is -3.67. The summed E-state index contributed by atoms with van der Waals surface area (Å²) in [6.45, 7) is 7.23. The van der Waals surface area contributed by atoms with Crippen molar-refractivity contribution < 1.29 is 23.1 Å². The first-order chi connectivity index (χ1) is 12.6. The van der Waals surface area contributed by atoms with Gasteiger partial charge in [-0.3, -0.25) is 9.59 Å². The van der Waals surface area contributed by atoms with Gasteiger partial charge in [0, 0.05) is 31.7 Å². The van der Waals surface area contributed by atoms with Crippen molar-refractivity contribution in [3.05, 3.63) is 29.8 Å². The number of carbonyl (C=O) groups is 2. The number of benzene rings is 1. The van der Waals surface area contributed by atoms with E-state index in [1.165, 1.54) is 21.3 Å². The van der Waals surface area contributed by atoms with Crippen molar-refractivity contribution in [2.45, 2.75) is 38.5 Å². The van der Waals surface area contributed by atoms with Crippen LogP contribution in [0.5, 0.6) is 0 Å². The highest BCUT2D eigenvalue weighted by molar-refractivity contribution is 7.89. The van der Waals surface area contributed by atoms with Gasteiger partial charge in [-0.05, 0) is 43.4 Å². The highest BCUT2D eigenvalue weighted by Crippen LogP contribution is 2.27. The van der Waals surface area contributed by atoms with E-state index in [9.17, 15) is 18.0 Å². The number of hydrogen-bond donors (Lipinski definition) is 1. The Balaban J connectivity index is 2.25. The molecule has 1 aliphatic rings. The highest BCUT2D eigenvalue weighted by Gasteiger charge is 2.32. The summed E-state index contributed by atoms with van der Waals surface area (Å²) in [5.41, 5.74) is 0.251. The van der Waals surface area contributed by atoms with Crippen molar-refractivity contribution in [3.8, 4) is 0 Å². The summed E-state index contributed by atoms with van der Waals surface area (Å²) in [6, 6.07) is 6.02. The predicted molar refractivity (Wildman–Crippen MR) is 102 cm³/mol. The van der Waals surface area contributed by atoms with Crippen LogP contribution in [0.15, 0.2) is 29.2 Å². The summed E-state index contributed by atoms with van der Waals surface area (Å²) >= 11 is 0. The number of carbonyl (C=O) groups excluding carboxylic acids is 1. The number of nitrogens with zero attached hydrogens (tertiary/aromatic N) is 2. The lowest BCUT2D eigenvalue weighted by atomic mass is 9.94. The van der Waals surface area contributed by atoms with E-state index in [0.29, 0.717) is 31.5 Å². The molecule has 0 aromatic heterocycles. The van der Waals surface area contributed by atoms with Gasteiger partial charge in [0.05, 0.1) is 11.3 Å². The average molecular weight is 397 g/mol. The molecule has 0 spiro atoms. The van der Waals surface area contributed by atoms with E-state index in [1.54, 1.807) is 19.1 Å². The number of hydrogen-bond acceptors (Lipinski definition) is 4. The van der Waals surface area contributed by atoms with Gasteiger partial charge in [-0.2, -0.15) is 4.31 Å². The van der Waals surface area contributed by atoms with Crippen LogP contribution in [0, 0.1) is 11.8 Å². The molecule has 2 atom stereocenters. The van der Waals surface area contributed by atoms with E-state index >= 15 is 0 Å². The fourth-order valence-corrected chi connectivity index (χ4v) is 5.28. The Hall–Kier alpha value is -1.93. The molecule has 150 valence electrons. The molecule has 8 heteroatoms. The molecule has 1 N–H and O–H groups in total. The third-order valence-electron chi connectivity index (χ3n) is 4.82. The number of sulfonamides is 1. The van der Waals surface area contributed by atoms with Crippen LogP contribution < -0.4 is 0 Å². The third kappa shape index (κ3) is 5.29. The lowest BCUT2D eigenvalue weighted by Gasteiger charge is -2.34. The minimum absolute atomic E-state index is 0.0861. The third-order valence-corrected chi connectivity index (χ3v) is 6.65. The maximum Gasteiger partial charge on any atom is 0.305 e. The van der Waals surface area contributed by atoms with E-state index in [4.69, 9.17) is 5.11 Å². The van der Waals surface area contributed by atoms with Gasteiger partial charge in [-0.25, -0.2) is 8.42 Å². The standard InChI is InChI=1S/C19H28N2O5S/c1-4-20(9-8-18(22)23)19(24)16-6-5-7-17(11-16)27(25,26)21-12-14(2)10-15(3)13-21/h5-7,11,14-15H,4,8-10,12-13H2,1-3H3,(H,22,23). The molecular formula is C19H28N2O5S. The Morgan fingerprint density at radius 1 is 1.22 bits per heavy atom. The molecule has 0 radical (unpaired) electrons. The monoisotopic (exact) mass is 396 g/mol. The minimum atomic E-state index is -3.67. The molecule has 0 aliphatic carbocycles. The van der Waals surface area contributed by atoms with Gasteiger partial charge in [0.15, 0.2) is 0 Å². The smallest absolute Gasteiger partial charge is 0.305 e. The van der Waals surface area contributed by atoms with Gasteiger partial charge in [0.1, 0.15) is 0 Å². The number of aliphatic carboxylic acids is 1. The van der Waals surface area contributed by atoms with Crippen LogP contribution in [0.3, 0.4) is 0 Å². The van der Waals surface area contributed by atoms with Crippen molar-refractivity contribution in [2.24, 2.45) is 11.8 Å². The fourth-order valence-electron chi connectivity index (χ4n) is 3.56. The lowest BCUT2D eigenvalue weighted by Crippen LogP contribution is -2.42. The molecule has 1 saturated heterocycles. The van der Waals surface area contributed by atoms with Crippen LogP contribution in [-0.2, 0) is 14.8 Å². The predicted octanol–water partition coefficient (Wildman–Crippen LogP) is 2.29. The lowest BCUT2D eigenvalue weighted by molar-refractivity contribution is -0.137. The second-order valence-corrected chi connectivity index (χ2v) is 9.26. The molecule has 2 rings (SSSR count). The van der Waals surface area contributed by atoms with Crippen LogP contribution in [0.4, 0.5) is 0 Å². The fraction of sp³-hybridized carbons (Fsp3) is 0.579. The maximum absolute atomic E-state index is 13.0. The van der Waals surface area contributed by atoms with Crippen LogP contribution in [0.1, 0.15) is 44.0 Å². The zero-order chi connectivity index (χ0) is 20.2. The van der Waals surface area contributed by atoms with Crippen molar-refractivity contribution in [1.29, 1.82) is 0 Å². The summed E-state index contributed by atoms with van der Waals surface area (Å²) < 4.78 is 27.6. The normalized spacial score (nSPS) is 21.0. The van der Waals surface area contributed by atoms with E-state index in [1.807, 2.05) is 13.8 Å². The SMILES string of the molecule is CCN(CCC(=O)O)C(=O)c1cccc(S(=O)(=O)N2CC(C)CC(C)C2)c1. The molecule has 2 unspecified atom stereocenters. The van der Waals surface area contributed by atoms with E-state index in [2.05, 4.69) is 0 Å². The summed E-state index contributed by atoms with van der Waals surface area (Å²) in [6.07, 6.45) is 0.848. The molecule has 1 heterocycles. The molecule has 7 nitrogen and oxygen atoms in total. The molecule has 1 fully saturated rings. The van der Waals surface area contributed by atoms with Gasteiger partial charge in [0.25, 0.3) is 5.91 Å². The summed E-state index contributed by atoms with van der Waals surface area (Å²) in [5.74, 6) is -0.762. The second-order valence-electron chi connectivity index (χ2n) is 7.32. The molecule has 1 aromatic rings. The Kier molecular flexibility index (Phi) is 7.00. The second kappa shape index (κ2) is 8.84. The Labute approximate surface area is 161 Å². The van der Waals surface area contributed by atoms with Crippen LogP contribution in [0.2, 0.25) is 0 Å². The first-order valence-corrected chi connectivity index (χ1v) is 10.7. The molecule has 1 aliphatic heterocycles. The van der Waals surface area contributed by atoms with Crippen LogP contribution in [0.25, 0.3) is 0 Å². The van der Waals surface area contributed by atoms with Crippen molar-refractivity contribution in [2.75, 3.05) is 26.2 Å². The van der Waals surface area contributed by atoms with Crippen molar-refractivity contribution in [1.82, 2.24) is 9.21 Å². The zero-order valence-corrected chi connectivity index (χ0v) is 16.9. The molecule has 1 amide bonds. The summed E-state index contributed by atoms with van der Waals surface area (Å²) in [4.78, 5) is 25.0. The molecule has 0 saturated carbocycles. The van der Waals surface area contributed by atoms with E-state index < -0.39 is 16.0 Å². The van der Waals surface area contributed by atoms with Crippen molar-refractivity contribution >= 4 is 21.9 Å². The molecule has 1 aromatic carbocycles. The number of amides is 1. The Morgan fingerprint density at radius 3 is 2.41 bits per heavy atom. The first-order valence-electron chi connectivity index (χ1n) is 9.26. The minimum Gasteiger partial charge on any atom is -0.481 e. The van der Waals surface area contributed by atoms with Crippen molar-refractivity contribution in [3.63, 3.8) is 0 Å². The summed E-state index contributed by atoms with van der Waals surface area (Å²) in [5, 5.41) is 8.83. The van der Waals surface area contributed by atoms with E-state index in [0.717, 1.165) is 6.42 Å². The van der Waals surface area contributed by atoms with Gasteiger partial charge in [0.2, 0.25) is 10.0 Å². The number of piperidine rings is 1. The van der Waals surface area contributed by atoms with E-state index in [-0.39, 0.29) is 29.3 Å². The number of carboxylic acid groups (broad SMARTS) is 1. The van der Waals surface area contributed by atoms with Gasteiger partial charge in [-0.1, -0.05) is 19.9 Å². The topological polar surface area (TPSA) is 95.0 Å². The average Bonchev–Trinajstić information content (AvgIpc) is 2.61. The Bertz CT molecular complexity index is 783. The van der Waals surface area contributed by atoms with Gasteiger partial charge < -0.3 is 10.0 Å². The number of rotatable bonds is 7. The van der Waals surface area contributed by atoms with Crippen LogP contribution in [-0.4, -0.2) is 60.8 Å².